The highest BCUT2D eigenvalue weighted by atomic mass is 32.2. The first-order valence-electron chi connectivity index (χ1n) is 12.3. The number of carbonyl (C=O) groups is 2. The summed E-state index contributed by atoms with van der Waals surface area (Å²) in [5.74, 6) is -0.115. The van der Waals surface area contributed by atoms with Crippen LogP contribution >= 0.6 is 0 Å². The Bertz CT molecular complexity index is 1130. The molecule has 0 bridgehead atoms. The van der Waals surface area contributed by atoms with E-state index in [1.807, 2.05) is 45.9 Å². The first-order chi connectivity index (χ1) is 16.6. The number of aryl methyl sites for hydroxylation is 2. The fourth-order valence-electron chi connectivity index (χ4n) is 4.44. The molecule has 35 heavy (non-hydrogen) atoms. The second kappa shape index (κ2) is 11.8. The van der Waals surface area contributed by atoms with Gasteiger partial charge in [0, 0.05) is 25.2 Å². The van der Waals surface area contributed by atoms with Crippen LogP contribution in [0.15, 0.2) is 53.4 Å². The maximum atomic E-state index is 13.5. The minimum absolute atomic E-state index is 0.0136. The number of carbonyl (C=O) groups excluding carboxylic acids is 2. The van der Waals surface area contributed by atoms with E-state index in [0.717, 1.165) is 24.0 Å². The highest BCUT2D eigenvalue weighted by molar-refractivity contribution is 7.89. The highest BCUT2D eigenvalue weighted by Gasteiger charge is 2.31. The molecule has 1 fully saturated rings. The molecule has 0 aliphatic carbocycles. The molecule has 1 saturated heterocycles. The Morgan fingerprint density at radius 1 is 1.06 bits per heavy atom. The van der Waals surface area contributed by atoms with E-state index in [0.29, 0.717) is 25.1 Å². The number of piperidine rings is 1. The summed E-state index contributed by atoms with van der Waals surface area (Å²) in [6, 6.07) is 13.5. The SMILES string of the molecule is Cc1ccc(S(=O)(=O)NCC2CCCN(C(=O)C(CC(C)C)NC(=O)c3ccccc3C)C2)cc1. The van der Waals surface area contributed by atoms with Crippen LogP contribution in [0.4, 0.5) is 0 Å². The Morgan fingerprint density at radius 3 is 2.40 bits per heavy atom. The van der Waals surface area contributed by atoms with Gasteiger partial charge >= 0.3 is 0 Å². The number of hydrogen-bond donors (Lipinski definition) is 2. The molecule has 190 valence electrons. The van der Waals surface area contributed by atoms with Crippen LogP contribution in [-0.2, 0) is 14.8 Å². The summed E-state index contributed by atoms with van der Waals surface area (Å²) in [4.78, 5) is 28.4. The molecule has 3 rings (SSSR count). The quantitative estimate of drug-likeness (QED) is 0.550. The van der Waals surface area contributed by atoms with Gasteiger partial charge in [0.05, 0.1) is 4.90 Å². The van der Waals surface area contributed by atoms with E-state index in [2.05, 4.69) is 10.0 Å². The van der Waals surface area contributed by atoms with E-state index >= 15 is 0 Å². The molecule has 1 aliphatic rings. The zero-order chi connectivity index (χ0) is 25.6. The number of sulfonamides is 1. The number of rotatable bonds is 9. The van der Waals surface area contributed by atoms with Crippen molar-refractivity contribution in [2.75, 3.05) is 19.6 Å². The normalized spacial score (nSPS) is 17.3. The third-order valence-corrected chi connectivity index (χ3v) is 7.86. The lowest BCUT2D eigenvalue weighted by atomic mass is 9.96. The topological polar surface area (TPSA) is 95.6 Å². The molecular weight excluding hydrogens is 462 g/mol. The molecular formula is C27H37N3O4S. The van der Waals surface area contributed by atoms with Gasteiger partial charge in [0.2, 0.25) is 15.9 Å². The van der Waals surface area contributed by atoms with Gasteiger partial charge in [0.25, 0.3) is 5.91 Å². The third-order valence-electron chi connectivity index (χ3n) is 6.42. The average Bonchev–Trinajstić information content (AvgIpc) is 2.82. The highest BCUT2D eigenvalue weighted by Crippen LogP contribution is 2.20. The molecule has 2 unspecified atom stereocenters. The summed E-state index contributed by atoms with van der Waals surface area (Å²) in [5, 5.41) is 2.96. The van der Waals surface area contributed by atoms with Gasteiger partial charge in [-0.25, -0.2) is 13.1 Å². The number of likely N-dealkylation sites (tertiary alicyclic amines) is 1. The van der Waals surface area contributed by atoms with Crippen LogP contribution in [0.25, 0.3) is 0 Å². The molecule has 0 aromatic heterocycles. The maximum Gasteiger partial charge on any atom is 0.252 e. The number of benzene rings is 2. The van der Waals surface area contributed by atoms with E-state index in [1.54, 1.807) is 35.2 Å². The third kappa shape index (κ3) is 7.39. The van der Waals surface area contributed by atoms with Crippen molar-refractivity contribution in [1.82, 2.24) is 14.9 Å². The smallest absolute Gasteiger partial charge is 0.252 e. The van der Waals surface area contributed by atoms with Crippen molar-refractivity contribution >= 4 is 21.8 Å². The molecule has 2 amide bonds. The van der Waals surface area contributed by atoms with Crippen molar-refractivity contribution < 1.29 is 18.0 Å². The largest absolute Gasteiger partial charge is 0.341 e. The number of amides is 2. The Kier molecular flexibility index (Phi) is 9.08. The summed E-state index contributed by atoms with van der Waals surface area (Å²) in [6.07, 6.45) is 2.17. The van der Waals surface area contributed by atoms with Crippen LogP contribution in [0.5, 0.6) is 0 Å². The van der Waals surface area contributed by atoms with Gasteiger partial charge in [-0.15, -0.1) is 0 Å². The summed E-state index contributed by atoms with van der Waals surface area (Å²) >= 11 is 0. The Hall–Kier alpha value is -2.71. The van der Waals surface area contributed by atoms with Crippen molar-refractivity contribution in [2.24, 2.45) is 11.8 Å². The monoisotopic (exact) mass is 499 g/mol. The standard InChI is InChI=1S/C27H37N3O4S/c1-19(2)16-25(29-26(31)24-10-6-5-8-21(24)4)27(32)30-15-7-9-22(18-30)17-28-35(33,34)23-13-11-20(3)12-14-23/h5-6,8,10-14,19,22,25,28H,7,9,15-18H2,1-4H3,(H,29,31). The zero-order valence-corrected chi connectivity index (χ0v) is 21.9. The van der Waals surface area contributed by atoms with Crippen molar-refractivity contribution in [2.45, 2.75) is 57.9 Å². The van der Waals surface area contributed by atoms with Crippen LogP contribution in [0.3, 0.4) is 0 Å². The lowest BCUT2D eigenvalue weighted by molar-refractivity contribution is -0.135. The predicted molar refractivity (Wildman–Crippen MR) is 138 cm³/mol. The molecule has 0 saturated carbocycles. The predicted octanol–water partition coefficient (Wildman–Crippen LogP) is 3.67. The number of nitrogens with one attached hydrogen (secondary N) is 2. The Labute approximate surface area is 209 Å². The molecule has 1 heterocycles. The lowest BCUT2D eigenvalue weighted by Crippen LogP contribution is -2.52. The molecule has 2 atom stereocenters. The zero-order valence-electron chi connectivity index (χ0n) is 21.1. The van der Waals surface area contributed by atoms with Crippen LogP contribution < -0.4 is 10.0 Å². The molecule has 8 heteroatoms. The summed E-state index contributed by atoms with van der Waals surface area (Å²) in [5.41, 5.74) is 2.42. The molecule has 2 N–H and O–H groups in total. The van der Waals surface area contributed by atoms with E-state index in [4.69, 9.17) is 0 Å². The van der Waals surface area contributed by atoms with Gasteiger partial charge < -0.3 is 10.2 Å². The molecule has 2 aromatic carbocycles. The molecule has 0 radical (unpaired) electrons. The lowest BCUT2D eigenvalue weighted by Gasteiger charge is -2.35. The Morgan fingerprint density at radius 2 is 1.74 bits per heavy atom. The molecule has 2 aromatic rings. The van der Waals surface area contributed by atoms with Crippen molar-refractivity contribution in [1.29, 1.82) is 0 Å². The van der Waals surface area contributed by atoms with Crippen molar-refractivity contribution in [3.05, 3.63) is 65.2 Å². The van der Waals surface area contributed by atoms with E-state index in [1.165, 1.54) is 0 Å². The van der Waals surface area contributed by atoms with Crippen LogP contribution in [0.1, 0.15) is 54.6 Å². The molecule has 1 aliphatic heterocycles. The maximum absolute atomic E-state index is 13.5. The summed E-state index contributed by atoms with van der Waals surface area (Å²) in [6.45, 7) is 9.18. The number of nitrogens with zero attached hydrogens (tertiary/aromatic N) is 1. The first kappa shape index (κ1) is 26.9. The summed E-state index contributed by atoms with van der Waals surface area (Å²) < 4.78 is 28.1. The Balaban J connectivity index is 1.64. The van der Waals surface area contributed by atoms with E-state index in [-0.39, 0.29) is 35.1 Å². The van der Waals surface area contributed by atoms with Crippen molar-refractivity contribution in [3.63, 3.8) is 0 Å². The van der Waals surface area contributed by atoms with Gasteiger partial charge in [0.15, 0.2) is 0 Å². The van der Waals surface area contributed by atoms with Gasteiger partial charge in [-0.3, -0.25) is 9.59 Å². The van der Waals surface area contributed by atoms with Gasteiger partial charge in [0.1, 0.15) is 6.04 Å². The minimum Gasteiger partial charge on any atom is -0.341 e. The summed E-state index contributed by atoms with van der Waals surface area (Å²) in [7, 11) is -3.61. The second-order valence-electron chi connectivity index (χ2n) is 9.93. The van der Waals surface area contributed by atoms with Crippen LogP contribution in [-0.4, -0.2) is 50.8 Å². The minimum atomic E-state index is -3.61. The van der Waals surface area contributed by atoms with Gasteiger partial charge in [-0.1, -0.05) is 49.7 Å². The molecule has 7 nitrogen and oxygen atoms in total. The number of hydrogen-bond acceptors (Lipinski definition) is 4. The van der Waals surface area contributed by atoms with Gasteiger partial charge in [-0.2, -0.15) is 0 Å². The fraction of sp³-hybridized carbons (Fsp3) is 0.481. The van der Waals surface area contributed by atoms with Crippen molar-refractivity contribution in [3.8, 4) is 0 Å². The van der Waals surface area contributed by atoms with Crippen LogP contribution in [0.2, 0.25) is 0 Å². The molecule has 0 spiro atoms. The van der Waals surface area contributed by atoms with Crippen LogP contribution in [0, 0.1) is 25.7 Å². The fourth-order valence-corrected chi connectivity index (χ4v) is 5.55. The van der Waals surface area contributed by atoms with E-state index in [9.17, 15) is 18.0 Å². The first-order valence-corrected chi connectivity index (χ1v) is 13.8. The second-order valence-corrected chi connectivity index (χ2v) is 11.7. The average molecular weight is 500 g/mol. The van der Waals surface area contributed by atoms with E-state index < -0.39 is 16.1 Å². The van der Waals surface area contributed by atoms with Gasteiger partial charge in [-0.05, 0) is 68.7 Å².